The number of hydrogen-bond donors (Lipinski definition) is 1. The molecular formula is C16H20FNO2. The number of aromatic hydroxyl groups is 1. The van der Waals surface area contributed by atoms with Crippen molar-refractivity contribution in [3.63, 3.8) is 0 Å². The van der Waals surface area contributed by atoms with Gasteiger partial charge in [-0.3, -0.25) is 4.79 Å². The first-order valence-corrected chi connectivity index (χ1v) is 7.47. The zero-order valence-corrected chi connectivity index (χ0v) is 11.5. The lowest BCUT2D eigenvalue weighted by Crippen LogP contribution is -2.49. The molecule has 2 unspecified atom stereocenters. The van der Waals surface area contributed by atoms with Crippen molar-refractivity contribution < 1.29 is 14.3 Å². The van der Waals surface area contributed by atoms with Gasteiger partial charge in [-0.25, -0.2) is 4.39 Å². The van der Waals surface area contributed by atoms with E-state index in [0.717, 1.165) is 32.1 Å². The summed E-state index contributed by atoms with van der Waals surface area (Å²) in [6.45, 7) is 0.674. The van der Waals surface area contributed by atoms with E-state index in [-0.39, 0.29) is 23.3 Å². The molecular weight excluding hydrogens is 257 g/mol. The zero-order chi connectivity index (χ0) is 14.1. The van der Waals surface area contributed by atoms with Gasteiger partial charge in [-0.05, 0) is 43.7 Å². The van der Waals surface area contributed by atoms with Gasteiger partial charge in [-0.15, -0.1) is 0 Å². The number of carbonyl (C=O) groups is 1. The second kappa shape index (κ2) is 5.43. The average molecular weight is 277 g/mol. The molecule has 2 atom stereocenters. The Kier molecular flexibility index (Phi) is 3.64. The van der Waals surface area contributed by atoms with Crippen molar-refractivity contribution in [3.8, 4) is 5.75 Å². The minimum atomic E-state index is -0.632. The Morgan fingerprint density at radius 2 is 1.95 bits per heavy atom. The number of nitrogens with zero attached hydrogens (tertiary/aromatic N) is 1. The molecule has 1 aromatic carbocycles. The third kappa shape index (κ3) is 2.28. The highest BCUT2D eigenvalue weighted by Gasteiger charge is 2.37. The molecule has 0 bridgehead atoms. The summed E-state index contributed by atoms with van der Waals surface area (Å²) in [5, 5.41) is 9.80. The van der Waals surface area contributed by atoms with Crippen LogP contribution in [0.4, 0.5) is 4.39 Å². The lowest BCUT2D eigenvalue weighted by atomic mass is 9.78. The molecule has 0 aromatic heterocycles. The summed E-state index contributed by atoms with van der Waals surface area (Å²) in [6.07, 6.45) is 6.67. The fourth-order valence-corrected chi connectivity index (χ4v) is 3.75. The van der Waals surface area contributed by atoms with Crippen molar-refractivity contribution in [2.75, 3.05) is 6.54 Å². The Hall–Kier alpha value is -1.58. The number of benzene rings is 1. The Morgan fingerprint density at radius 3 is 2.75 bits per heavy atom. The van der Waals surface area contributed by atoms with Crippen LogP contribution in [0.1, 0.15) is 48.9 Å². The molecule has 1 saturated heterocycles. The number of likely N-dealkylation sites (tertiary alicyclic amines) is 1. The maximum Gasteiger partial charge on any atom is 0.260 e. The van der Waals surface area contributed by atoms with E-state index in [4.69, 9.17) is 0 Å². The van der Waals surface area contributed by atoms with Gasteiger partial charge in [0.15, 0.2) is 0 Å². The van der Waals surface area contributed by atoms with Crippen molar-refractivity contribution in [1.82, 2.24) is 4.90 Å². The highest BCUT2D eigenvalue weighted by Crippen LogP contribution is 2.36. The predicted molar refractivity (Wildman–Crippen MR) is 74.1 cm³/mol. The van der Waals surface area contributed by atoms with Gasteiger partial charge in [-0.2, -0.15) is 0 Å². The van der Waals surface area contributed by atoms with E-state index < -0.39 is 5.82 Å². The van der Waals surface area contributed by atoms with Crippen LogP contribution in [0.2, 0.25) is 0 Å². The van der Waals surface area contributed by atoms with E-state index in [2.05, 4.69) is 0 Å². The quantitative estimate of drug-likeness (QED) is 0.855. The van der Waals surface area contributed by atoms with Crippen LogP contribution in [0.15, 0.2) is 18.2 Å². The molecule has 108 valence electrons. The molecule has 1 aliphatic heterocycles. The third-order valence-corrected chi connectivity index (χ3v) is 4.71. The van der Waals surface area contributed by atoms with Gasteiger partial charge in [0, 0.05) is 12.6 Å². The number of amides is 1. The molecule has 1 N–H and O–H groups in total. The van der Waals surface area contributed by atoms with Crippen LogP contribution in [0.5, 0.6) is 5.75 Å². The number of phenols is 1. The van der Waals surface area contributed by atoms with E-state index >= 15 is 0 Å². The smallest absolute Gasteiger partial charge is 0.260 e. The van der Waals surface area contributed by atoms with Crippen molar-refractivity contribution in [2.45, 2.75) is 44.6 Å². The molecule has 0 spiro atoms. The maximum atomic E-state index is 13.9. The number of fused-ring (bicyclic) bond motifs is 1. The Balaban J connectivity index is 1.89. The summed E-state index contributed by atoms with van der Waals surface area (Å²) in [4.78, 5) is 14.4. The molecule has 1 saturated carbocycles. The van der Waals surface area contributed by atoms with Crippen LogP contribution in [0.3, 0.4) is 0 Å². The van der Waals surface area contributed by atoms with Crippen LogP contribution in [-0.2, 0) is 0 Å². The average Bonchev–Trinajstić information content (AvgIpc) is 2.46. The lowest BCUT2D eigenvalue weighted by molar-refractivity contribution is 0.0384. The molecule has 1 aromatic rings. The largest absolute Gasteiger partial charge is 0.507 e. The Labute approximate surface area is 118 Å². The molecule has 4 heteroatoms. The van der Waals surface area contributed by atoms with Crippen molar-refractivity contribution >= 4 is 5.91 Å². The zero-order valence-electron chi connectivity index (χ0n) is 11.5. The molecule has 3 nitrogen and oxygen atoms in total. The van der Waals surface area contributed by atoms with Crippen LogP contribution in [0.25, 0.3) is 0 Å². The SMILES string of the molecule is O=C(c1c(O)cccc1F)N1CCCC2CCCCC21. The Bertz CT molecular complexity index is 495. The molecule has 3 rings (SSSR count). The molecule has 1 heterocycles. The fraction of sp³-hybridized carbons (Fsp3) is 0.562. The van der Waals surface area contributed by atoms with Gasteiger partial charge in [0.25, 0.3) is 5.91 Å². The van der Waals surface area contributed by atoms with E-state index in [1.165, 1.54) is 24.6 Å². The normalized spacial score (nSPS) is 26.1. The fourth-order valence-electron chi connectivity index (χ4n) is 3.75. The van der Waals surface area contributed by atoms with Gasteiger partial charge in [0.05, 0.1) is 0 Å². The third-order valence-electron chi connectivity index (χ3n) is 4.71. The number of rotatable bonds is 1. The van der Waals surface area contributed by atoms with Gasteiger partial charge in [-0.1, -0.05) is 18.9 Å². The first-order chi connectivity index (χ1) is 9.68. The predicted octanol–water partition coefficient (Wildman–Crippen LogP) is 3.33. The summed E-state index contributed by atoms with van der Waals surface area (Å²) in [7, 11) is 0. The highest BCUT2D eigenvalue weighted by molar-refractivity contribution is 5.97. The number of phenolic OH excluding ortho intramolecular Hbond substituents is 1. The van der Waals surface area contributed by atoms with E-state index in [0.29, 0.717) is 12.5 Å². The minimum Gasteiger partial charge on any atom is -0.507 e. The first-order valence-electron chi connectivity index (χ1n) is 7.47. The lowest BCUT2D eigenvalue weighted by Gasteiger charge is -2.44. The summed E-state index contributed by atoms with van der Waals surface area (Å²) >= 11 is 0. The molecule has 20 heavy (non-hydrogen) atoms. The number of carbonyl (C=O) groups excluding carboxylic acids is 1. The van der Waals surface area contributed by atoms with E-state index in [1.54, 1.807) is 4.90 Å². The van der Waals surface area contributed by atoms with Crippen molar-refractivity contribution in [2.24, 2.45) is 5.92 Å². The minimum absolute atomic E-state index is 0.168. The molecule has 2 aliphatic rings. The van der Waals surface area contributed by atoms with Gasteiger partial charge in [0.2, 0.25) is 0 Å². The maximum absolute atomic E-state index is 13.9. The van der Waals surface area contributed by atoms with Crippen LogP contribution in [0, 0.1) is 11.7 Å². The van der Waals surface area contributed by atoms with Gasteiger partial charge < -0.3 is 10.0 Å². The van der Waals surface area contributed by atoms with Gasteiger partial charge >= 0.3 is 0 Å². The standard InChI is InChI=1S/C16H20FNO2/c17-12-7-3-9-14(19)15(12)16(20)18-10-4-6-11-5-1-2-8-13(11)18/h3,7,9,11,13,19H,1-2,4-6,8,10H2. The number of piperidine rings is 1. The summed E-state index contributed by atoms with van der Waals surface area (Å²) in [6, 6.07) is 4.25. The van der Waals surface area contributed by atoms with Crippen molar-refractivity contribution in [3.05, 3.63) is 29.6 Å². The number of halogens is 1. The second-order valence-electron chi connectivity index (χ2n) is 5.89. The number of hydrogen-bond acceptors (Lipinski definition) is 2. The highest BCUT2D eigenvalue weighted by atomic mass is 19.1. The van der Waals surface area contributed by atoms with Crippen molar-refractivity contribution in [1.29, 1.82) is 0 Å². The van der Waals surface area contributed by atoms with Crippen LogP contribution in [-0.4, -0.2) is 28.5 Å². The Morgan fingerprint density at radius 1 is 1.20 bits per heavy atom. The first kappa shape index (κ1) is 13.4. The molecule has 2 fully saturated rings. The summed E-state index contributed by atoms with van der Waals surface area (Å²) in [5.74, 6) is -0.687. The second-order valence-corrected chi connectivity index (χ2v) is 5.89. The molecule has 0 radical (unpaired) electrons. The van der Waals surface area contributed by atoms with Crippen LogP contribution < -0.4 is 0 Å². The topological polar surface area (TPSA) is 40.5 Å². The van der Waals surface area contributed by atoms with E-state index in [9.17, 15) is 14.3 Å². The molecule has 1 amide bonds. The van der Waals surface area contributed by atoms with E-state index in [1.807, 2.05) is 0 Å². The van der Waals surface area contributed by atoms with Crippen LogP contribution >= 0.6 is 0 Å². The molecule has 1 aliphatic carbocycles. The monoisotopic (exact) mass is 277 g/mol. The summed E-state index contributed by atoms with van der Waals surface area (Å²) < 4.78 is 13.9. The summed E-state index contributed by atoms with van der Waals surface area (Å²) in [5.41, 5.74) is -0.168. The van der Waals surface area contributed by atoms with Gasteiger partial charge in [0.1, 0.15) is 17.1 Å².